The fourth-order valence-electron chi connectivity index (χ4n) is 1.59. The van der Waals surface area contributed by atoms with Gasteiger partial charge in [-0.1, -0.05) is 6.07 Å². The van der Waals surface area contributed by atoms with Crippen molar-refractivity contribution >= 4 is 23.4 Å². The third kappa shape index (κ3) is 3.99. The first kappa shape index (κ1) is 14.4. The van der Waals surface area contributed by atoms with Crippen LogP contribution in [0.4, 0.5) is 10.1 Å². The molecule has 2 aromatic carbocycles. The van der Waals surface area contributed by atoms with Crippen LogP contribution in [-0.2, 0) is 4.79 Å². The monoisotopic (exact) mass is 291 g/mol. The van der Waals surface area contributed by atoms with Crippen LogP contribution in [0.25, 0.3) is 0 Å². The lowest BCUT2D eigenvalue weighted by Gasteiger charge is -2.12. The number of hydrogen-bond donors (Lipinski definition) is 2. The number of aromatic hydroxyl groups is 1. The molecular formula is C15H14FNO2S. The minimum absolute atomic E-state index is 0.186. The molecule has 2 rings (SSSR count). The second kappa shape index (κ2) is 6.43. The Morgan fingerprint density at radius 2 is 1.95 bits per heavy atom. The van der Waals surface area contributed by atoms with E-state index in [9.17, 15) is 14.3 Å². The summed E-state index contributed by atoms with van der Waals surface area (Å²) in [6, 6.07) is 12.4. The van der Waals surface area contributed by atoms with E-state index in [1.54, 1.807) is 43.3 Å². The first-order valence-electron chi connectivity index (χ1n) is 6.07. The largest absolute Gasteiger partial charge is 0.508 e. The van der Waals surface area contributed by atoms with Gasteiger partial charge in [0.15, 0.2) is 0 Å². The van der Waals surface area contributed by atoms with E-state index in [0.29, 0.717) is 5.69 Å². The molecule has 2 aromatic rings. The van der Waals surface area contributed by atoms with Crippen molar-refractivity contribution in [2.45, 2.75) is 17.1 Å². The van der Waals surface area contributed by atoms with E-state index in [1.165, 1.54) is 23.9 Å². The van der Waals surface area contributed by atoms with E-state index >= 15 is 0 Å². The predicted octanol–water partition coefficient (Wildman–Crippen LogP) is 3.65. The summed E-state index contributed by atoms with van der Waals surface area (Å²) in [4.78, 5) is 12.9. The first-order chi connectivity index (χ1) is 9.54. The molecule has 0 bridgehead atoms. The molecule has 0 spiro atoms. The van der Waals surface area contributed by atoms with E-state index in [-0.39, 0.29) is 22.7 Å². The molecule has 3 nitrogen and oxygen atoms in total. The van der Waals surface area contributed by atoms with Gasteiger partial charge in [-0.25, -0.2) is 4.39 Å². The Labute approximate surface area is 120 Å². The van der Waals surface area contributed by atoms with Crippen molar-refractivity contribution in [2.24, 2.45) is 0 Å². The number of carbonyl (C=O) groups excluding carboxylic acids is 1. The molecule has 1 amide bonds. The van der Waals surface area contributed by atoms with Crippen LogP contribution >= 0.6 is 11.8 Å². The highest BCUT2D eigenvalue weighted by Crippen LogP contribution is 2.25. The van der Waals surface area contributed by atoms with Gasteiger partial charge in [0, 0.05) is 10.6 Å². The van der Waals surface area contributed by atoms with Crippen LogP contribution in [-0.4, -0.2) is 16.3 Å². The van der Waals surface area contributed by atoms with Crippen molar-refractivity contribution in [3.05, 3.63) is 54.3 Å². The summed E-state index contributed by atoms with van der Waals surface area (Å²) in [7, 11) is 0. The summed E-state index contributed by atoms with van der Waals surface area (Å²) in [6.07, 6.45) is 0. The number of hydrogen-bond acceptors (Lipinski definition) is 3. The maximum Gasteiger partial charge on any atom is 0.237 e. The second-order valence-electron chi connectivity index (χ2n) is 4.25. The minimum atomic E-state index is -0.387. The van der Waals surface area contributed by atoms with E-state index in [2.05, 4.69) is 5.32 Å². The molecule has 1 atom stereocenters. The number of halogens is 1. The number of phenols is 1. The zero-order valence-corrected chi connectivity index (χ0v) is 11.7. The minimum Gasteiger partial charge on any atom is -0.508 e. The van der Waals surface area contributed by atoms with Crippen LogP contribution in [0, 0.1) is 5.82 Å². The van der Waals surface area contributed by atoms with Crippen LogP contribution in [0.3, 0.4) is 0 Å². The number of anilines is 1. The molecule has 0 saturated heterocycles. The van der Waals surface area contributed by atoms with Crippen LogP contribution < -0.4 is 5.32 Å². The van der Waals surface area contributed by atoms with Gasteiger partial charge in [-0.2, -0.15) is 0 Å². The highest BCUT2D eigenvalue weighted by molar-refractivity contribution is 8.00. The average molecular weight is 291 g/mol. The summed E-state index contributed by atoms with van der Waals surface area (Å²) in [5, 5.41) is 11.5. The van der Waals surface area contributed by atoms with Gasteiger partial charge in [0.25, 0.3) is 0 Å². The Morgan fingerprint density at radius 1 is 1.25 bits per heavy atom. The maximum atomic E-state index is 13.0. The predicted molar refractivity (Wildman–Crippen MR) is 78.5 cm³/mol. The highest BCUT2D eigenvalue weighted by atomic mass is 32.2. The van der Waals surface area contributed by atoms with Crippen molar-refractivity contribution < 1.29 is 14.3 Å². The summed E-state index contributed by atoms with van der Waals surface area (Å²) in [5.74, 6) is -0.401. The number of phenolic OH excluding ortho intramolecular Hbond substituents is 1. The first-order valence-corrected chi connectivity index (χ1v) is 6.94. The van der Waals surface area contributed by atoms with Gasteiger partial charge in [0.2, 0.25) is 5.91 Å². The molecule has 0 heterocycles. The zero-order valence-electron chi connectivity index (χ0n) is 10.8. The quantitative estimate of drug-likeness (QED) is 0.845. The number of carbonyl (C=O) groups is 1. The van der Waals surface area contributed by atoms with E-state index in [0.717, 1.165) is 4.90 Å². The van der Waals surface area contributed by atoms with Gasteiger partial charge in [-0.05, 0) is 49.4 Å². The third-order valence-electron chi connectivity index (χ3n) is 2.61. The Balaban J connectivity index is 1.96. The van der Waals surface area contributed by atoms with Gasteiger partial charge in [0.05, 0.1) is 5.25 Å². The molecule has 1 unspecified atom stereocenters. The number of rotatable bonds is 4. The van der Waals surface area contributed by atoms with Crippen molar-refractivity contribution in [3.8, 4) is 5.75 Å². The molecule has 0 radical (unpaired) electrons. The molecular weight excluding hydrogens is 277 g/mol. The van der Waals surface area contributed by atoms with Crippen LogP contribution in [0.5, 0.6) is 5.75 Å². The Kier molecular flexibility index (Phi) is 4.63. The lowest BCUT2D eigenvalue weighted by atomic mass is 10.3. The van der Waals surface area contributed by atoms with E-state index in [4.69, 9.17) is 0 Å². The van der Waals surface area contributed by atoms with Crippen LogP contribution in [0.2, 0.25) is 0 Å². The third-order valence-corrected chi connectivity index (χ3v) is 3.72. The van der Waals surface area contributed by atoms with Gasteiger partial charge < -0.3 is 10.4 Å². The lowest BCUT2D eigenvalue weighted by molar-refractivity contribution is -0.115. The normalized spacial score (nSPS) is 11.9. The van der Waals surface area contributed by atoms with E-state index in [1.807, 2.05) is 0 Å². The second-order valence-corrected chi connectivity index (χ2v) is 5.67. The van der Waals surface area contributed by atoms with Crippen LogP contribution in [0.1, 0.15) is 6.92 Å². The maximum absolute atomic E-state index is 13.0. The molecule has 0 aromatic heterocycles. The number of thioether (sulfide) groups is 1. The van der Waals surface area contributed by atoms with Crippen LogP contribution in [0.15, 0.2) is 53.4 Å². The lowest BCUT2D eigenvalue weighted by Crippen LogP contribution is -2.22. The molecule has 5 heteroatoms. The fourth-order valence-corrected chi connectivity index (χ4v) is 2.46. The summed E-state index contributed by atoms with van der Waals surface area (Å²) >= 11 is 1.37. The average Bonchev–Trinajstić information content (AvgIpc) is 2.41. The molecule has 0 fully saturated rings. The summed E-state index contributed by atoms with van der Waals surface area (Å²) < 4.78 is 13.0. The molecule has 20 heavy (non-hydrogen) atoms. The van der Waals surface area contributed by atoms with Gasteiger partial charge in [0.1, 0.15) is 11.6 Å². The van der Waals surface area contributed by atoms with Gasteiger partial charge in [-0.15, -0.1) is 11.8 Å². The van der Waals surface area contributed by atoms with Crippen molar-refractivity contribution in [1.29, 1.82) is 0 Å². The molecule has 0 aliphatic heterocycles. The van der Waals surface area contributed by atoms with E-state index < -0.39 is 0 Å². The van der Waals surface area contributed by atoms with Gasteiger partial charge in [-0.3, -0.25) is 4.79 Å². The van der Waals surface area contributed by atoms with Crippen molar-refractivity contribution in [1.82, 2.24) is 0 Å². The molecule has 0 aliphatic rings. The SMILES string of the molecule is CC(Sc1ccc(O)cc1)C(=O)Nc1cccc(F)c1. The topological polar surface area (TPSA) is 49.3 Å². The Morgan fingerprint density at radius 3 is 2.60 bits per heavy atom. The Hall–Kier alpha value is -2.01. The molecule has 2 N–H and O–H groups in total. The molecule has 104 valence electrons. The summed E-state index contributed by atoms with van der Waals surface area (Å²) in [6.45, 7) is 1.77. The van der Waals surface area contributed by atoms with Crippen molar-refractivity contribution in [2.75, 3.05) is 5.32 Å². The Bertz CT molecular complexity index is 601. The number of benzene rings is 2. The smallest absolute Gasteiger partial charge is 0.237 e. The number of amides is 1. The number of nitrogens with one attached hydrogen (secondary N) is 1. The van der Waals surface area contributed by atoms with Gasteiger partial charge >= 0.3 is 0 Å². The molecule has 0 aliphatic carbocycles. The summed E-state index contributed by atoms with van der Waals surface area (Å²) in [5.41, 5.74) is 0.438. The fraction of sp³-hybridized carbons (Fsp3) is 0.133. The molecule has 0 saturated carbocycles. The zero-order chi connectivity index (χ0) is 14.5. The standard InChI is InChI=1S/C15H14FNO2S/c1-10(20-14-7-5-13(18)6-8-14)15(19)17-12-4-2-3-11(16)9-12/h2-10,18H,1H3,(H,17,19). The van der Waals surface area contributed by atoms with Crippen molar-refractivity contribution in [3.63, 3.8) is 0 Å². The highest BCUT2D eigenvalue weighted by Gasteiger charge is 2.14.